The van der Waals surface area contributed by atoms with Gasteiger partial charge in [-0.25, -0.2) is 9.48 Å². The van der Waals surface area contributed by atoms with Gasteiger partial charge in [0.05, 0.1) is 12.2 Å². The zero-order valence-corrected chi connectivity index (χ0v) is 20.9. The first kappa shape index (κ1) is 28.6. The molecule has 5 nitrogen and oxygen atoms in total. The number of unbranched alkanes of at least 4 members (excludes halogenated alkanes) is 14. The summed E-state index contributed by atoms with van der Waals surface area (Å²) >= 11 is 0. The van der Waals surface area contributed by atoms with Gasteiger partial charge in [0.1, 0.15) is 18.9 Å². The van der Waals surface area contributed by atoms with Gasteiger partial charge in [0.15, 0.2) is 0 Å². The van der Waals surface area contributed by atoms with Crippen LogP contribution in [0.3, 0.4) is 0 Å². The van der Waals surface area contributed by atoms with Crippen molar-refractivity contribution in [2.45, 2.75) is 129 Å². The maximum atomic E-state index is 11.2. The fourth-order valence-corrected chi connectivity index (χ4v) is 4.46. The van der Waals surface area contributed by atoms with Crippen LogP contribution >= 0.6 is 0 Å². The quantitative estimate of drug-likeness (QED) is 0.134. The predicted molar refractivity (Wildman–Crippen MR) is 134 cm³/mol. The molecule has 0 spiro atoms. The first-order valence-electron chi connectivity index (χ1n) is 13.3. The van der Waals surface area contributed by atoms with Gasteiger partial charge < -0.3 is 9.90 Å². The number of aliphatic carboxylic acids is 1. The fourth-order valence-electron chi connectivity index (χ4n) is 4.46. The monoisotopic (exact) mass is 447 g/mol. The molecule has 0 amide bonds. The number of carbonyl (C=O) groups is 1. The normalized spacial score (nSPS) is 19.0. The average molecular weight is 448 g/mol. The summed E-state index contributed by atoms with van der Waals surface area (Å²) in [5, 5.41) is 11.2. The van der Waals surface area contributed by atoms with Crippen LogP contribution in [0, 0.1) is 0 Å². The number of hydrogen-bond donors (Lipinski definition) is 1. The molecule has 1 heterocycles. The summed E-state index contributed by atoms with van der Waals surface area (Å²) in [6.07, 6.45) is 29.5. The third kappa shape index (κ3) is 12.0. The molecule has 0 aromatic carbocycles. The van der Waals surface area contributed by atoms with E-state index < -0.39 is 5.97 Å². The Morgan fingerprint density at radius 2 is 1.44 bits per heavy atom. The SMILES string of the molecule is CCCCCCCC/C=C/CCCCCCCCCCC1=NC=C[N+]1(CC(=O)[O-])C(C)N. The minimum absolute atomic E-state index is 0.107. The van der Waals surface area contributed by atoms with E-state index in [4.69, 9.17) is 5.73 Å². The lowest BCUT2D eigenvalue weighted by molar-refractivity contribution is -0.808. The molecule has 0 bridgehead atoms. The molecule has 1 aliphatic rings. The van der Waals surface area contributed by atoms with Crippen molar-refractivity contribution >= 4 is 11.8 Å². The Balaban J connectivity index is 1.96. The van der Waals surface area contributed by atoms with Gasteiger partial charge in [-0.3, -0.25) is 5.73 Å². The molecule has 0 saturated heterocycles. The van der Waals surface area contributed by atoms with E-state index in [1.54, 1.807) is 12.4 Å². The molecule has 2 N–H and O–H groups in total. The van der Waals surface area contributed by atoms with Crippen LogP contribution in [0.25, 0.3) is 0 Å². The van der Waals surface area contributed by atoms with E-state index in [1.165, 1.54) is 89.9 Å². The van der Waals surface area contributed by atoms with E-state index in [2.05, 4.69) is 24.1 Å². The van der Waals surface area contributed by atoms with Gasteiger partial charge in [-0.05, 0) is 32.1 Å². The van der Waals surface area contributed by atoms with Crippen LogP contribution in [-0.4, -0.2) is 29.0 Å². The van der Waals surface area contributed by atoms with Crippen molar-refractivity contribution in [3.05, 3.63) is 24.6 Å². The number of allylic oxidation sites excluding steroid dienone is 2. The molecule has 1 rings (SSSR count). The first-order chi connectivity index (χ1) is 15.5. The molecule has 0 radical (unpaired) electrons. The number of rotatable bonds is 21. The van der Waals surface area contributed by atoms with Crippen molar-refractivity contribution in [2.75, 3.05) is 6.54 Å². The summed E-state index contributed by atoms with van der Waals surface area (Å²) in [6.45, 7) is 3.97. The number of aliphatic imine (C=N–C) groups is 1. The number of hydrogen-bond acceptors (Lipinski definition) is 4. The van der Waals surface area contributed by atoms with Gasteiger partial charge >= 0.3 is 0 Å². The molecule has 0 aromatic rings. The van der Waals surface area contributed by atoms with Gasteiger partial charge in [-0.1, -0.05) is 89.7 Å². The number of nitrogens with two attached hydrogens (primary N) is 1. The fraction of sp³-hybridized carbons (Fsp3) is 0.778. The largest absolute Gasteiger partial charge is 0.544 e. The van der Waals surface area contributed by atoms with E-state index >= 15 is 0 Å². The van der Waals surface area contributed by atoms with E-state index in [1.807, 2.05) is 6.92 Å². The number of carbonyl (C=O) groups excluding carboxylic acids is 1. The number of nitrogens with zero attached hydrogens (tertiary/aromatic N) is 2. The molecular formula is C27H49N3O2. The molecule has 5 heteroatoms. The molecule has 2 atom stereocenters. The van der Waals surface area contributed by atoms with Crippen molar-refractivity contribution in [3.8, 4) is 0 Å². The Bertz CT molecular complexity index is 583. The van der Waals surface area contributed by atoms with Crippen molar-refractivity contribution in [3.63, 3.8) is 0 Å². The van der Waals surface area contributed by atoms with E-state index in [0.717, 1.165) is 25.1 Å². The van der Waals surface area contributed by atoms with Crippen LogP contribution in [0.4, 0.5) is 0 Å². The molecule has 0 fully saturated rings. The highest BCUT2D eigenvalue weighted by molar-refractivity contribution is 5.81. The van der Waals surface area contributed by atoms with E-state index in [0.29, 0.717) is 0 Å². The van der Waals surface area contributed by atoms with Crippen molar-refractivity contribution < 1.29 is 14.4 Å². The third-order valence-corrected chi connectivity index (χ3v) is 6.57. The average Bonchev–Trinajstić information content (AvgIpc) is 3.16. The second-order valence-electron chi connectivity index (χ2n) is 9.44. The highest BCUT2D eigenvalue weighted by Crippen LogP contribution is 2.23. The predicted octanol–water partition coefficient (Wildman–Crippen LogP) is 5.95. The number of quaternary nitrogens is 1. The van der Waals surface area contributed by atoms with Crippen LogP contribution in [0.15, 0.2) is 29.5 Å². The number of amidine groups is 1. The van der Waals surface area contributed by atoms with Crippen molar-refractivity contribution in [1.82, 2.24) is 0 Å². The molecule has 1 aliphatic heterocycles. The van der Waals surface area contributed by atoms with Gasteiger partial charge in [-0.2, -0.15) is 0 Å². The van der Waals surface area contributed by atoms with Crippen LogP contribution in [0.2, 0.25) is 0 Å². The minimum Gasteiger partial charge on any atom is -0.544 e. The van der Waals surface area contributed by atoms with Crippen LogP contribution in [-0.2, 0) is 4.79 Å². The summed E-state index contributed by atoms with van der Waals surface area (Å²) in [4.78, 5) is 15.6. The lowest BCUT2D eigenvalue weighted by Crippen LogP contribution is -2.60. The lowest BCUT2D eigenvalue weighted by atomic mass is 10.1. The van der Waals surface area contributed by atoms with Gasteiger partial charge in [0.25, 0.3) is 0 Å². The van der Waals surface area contributed by atoms with Crippen LogP contribution in [0.1, 0.15) is 123 Å². The summed E-state index contributed by atoms with van der Waals surface area (Å²) < 4.78 is 0.107. The van der Waals surface area contributed by atoms with Crippen LogP contribution in [0.5, 0.6) is 0 Å². The van der Waals surface area contributed by atoms with E-state index in [-0.39, 0.29) is 17.2 Å². The first-order valence-corrected chi connectivity index (χ1v) is 13.3. The smallest absolute Gasteiger partial charge is 0.209 e. The molecular weight excluding hydrogens is 398 g/mol. The molecule has 2 unspecified atom stereocenters. The maximum Gasteiger partial charge on any atom is 0.209 e. The number of carboxylic acid groups (broad SMARTS) is 1. The Hall–Kier alpha value is -1.46. The molecule has 0 aliphatic carbocycles. The summed E-state index contributed by atoms with van der Waals surface area (Å²) in [5.74, 6) is -0.233. The number of carboxylic acids is 1. The highest BCUT2D eigenvalue weighted by Gasteiger charge is 2.38. The zero-order valence-electron chi connectivity index (χ0n) is 20.9. The van der Waals surface area contributed by atoms with Gasteiger partial charge in [-0.15, -0.1) is 0 Å². The Kier molecular flexibility index (Phi) is 16.1. The topological polar surface area (TPSA) is 78.5 Å². The second kappa shape index (κ2) is 18.0. The molecule has 184 valence electrons. The van der Waals surface area contributed by atoms with E-state index in [9.17, 15) is 9.90 Å². The standard InChI is InChI=1S/C27H49N3O2/c1-3-4-5-6-7-8-9-10-11-12-13-14-15-16-17-18-19-20-21-26-29-22-23-30(26,25(2)28)24-27(31)32/h10-11,22-23,25H,3-9,12-21,24,28H2,1-2H3/b11-10+. The van der Waals surface area contributed by atoms with Gasteiger partial charge in [0, 0.05) is 13.3 Å². The van der Waals surface area contributed by atoms with Gasteiger partial charge in [0.2, 0.25) is 5.84 Å². The van der Waals surface area contributed by atoms with Crippen LogP contribution < -0.4 is 10.8 Å². The Labute approximate surface area is 197 Å². The lowest BCUT2D eigenvalue weighted by Gasteiger charge is -2.36. The maximum absolute atomic E-state index is 11.2. The zero-order chi connectivity index (χ0) is 23.5. The molecule has 32 heavy (non-hydrogen) atoms. The van der Waals surface area contributed by atoms with Crippen molar-refractivity contribution in [2.24, 2.45) is 10.7 Å². The Morgan fingerprint density at radius 3 is 1.94 bits per heavy atom. The Morgan fingerprint density at radius 1 is 0.938 bits per heavy atom. The molecule has 0 aromatic heterocycles. The summed E-state index contributed by atoms with van der Waals surface area (Å²) in [7, 11) is 0. The molecule has 0 saturated carbocycles. The minimum atomic E-state index is -1.09. The highest BCUT2D eigenvalue weighted by atomic mass is 16.4. The van der Waals surface area contributed by atoms with Crippen molar-refractivity contribution in [1.29, 1.82) is 0 Å². The second-order valence-corrected chi connectivity index (χ2v) is 9.44. The summed E-state index contributed by atoms with van der Waals surface area (Å²) in [6, 6.07) is 0. The third-order valence-electron chi connectivity index (χ3n) is 6.57. The summed E-state index contributed by atoms with van der Waals surface area (Å²) in [5.41, 5.74) is 6.09.